The van der Waals surface area contributed by atoms with Crippen molar-refractivity contribution < 1.29 is 9.47 Å². The molecule has 0 saturated carbocycles. The van der Waals surface area contributed by atoms with Crippen LogP contribution in [0.3, 0.4) is 0 Å². The van der Waals surface area contributed by atoms with Gasteiger partial charge in [-0.25, -0.2) is 4.98 Å². The maximum atomic E-state index is 5.64. The number of hydrogen-bond donors (Lipinski definition) is 1. The van der Waals surface area contributed by atoms with Crippen molar-refractivity contribution in [2.75, 3.05) is 25.1 Å². The van der Waals surface area contributed by atoms with Crippen molar-refractivity contribution in [3.8, 4) is 5.88 Å². The van der Waals surface area contributed by atoms with Gasteiger partial charge in [-0.05, 0) is 25.7 Å². The van der Waals surface area contributed by atoms with Crippen molar-refractivity contribution in [2.24, 2.45) is 5.92 Å². The fourth-order valence-electron chi connectivity index (χ4n) is 1.99. The van der Waals surface area contributed by atoms with Crippen LogP contribution in [0.2, 0.25) is 0 Å². The van der Waals surface area contributed by atoms with Gasteiger partial charge in [0.25, 0.3) is 0 Å². The van der Waals surface area contributed by atoms with Crippen LogP contribution in [0.5, 0.6) is 5.88 Å². The molecule has 1 aromatic heterocycles. The molecule has 0 spiro atoms. The van der Waals surface area contributed by atoms with Crippen LogP contribution in [-0.4, -0.2) is 29.7 Å². The number of anilines is 1. The van der Waals surface area contributed by atoms with Crippen LogP contribution in [0.1, 0.15) is 45.5 Å². The molecule has 1 fully saturated rings. The zero-order chi connectivity index (χ0) is 13.7. The van der Waals surface area contributed by atoms with Gasteiger partial charge < -0.3 is 14.8 Å². The van der Waals surface area contributed by atoms with E-state index in [4.69, 9.17) is 9.47 Å². The standard InChI is InChI=1S/C14H23N3O2/c1-4-18-13-8-12(15-9-10(2)3)16-14(17-13)11-6-5-7-19-11/h8,10-11H,4-7,9H2,1-3H3,(H,15,16,17). The SMILES string of the molecule is CCOc1cc(NCC(C)C)nc(C2CCCO2)n1. The Morgan fingerprint density at radius 2 is 2.32 bits per heavy atom. The molecule has 1 aliphatic rings. The molecule has 1 atom stereocenters. The first-order chi connectivity index (χ1) is 9.19. The second-order valence-electron chi connectivity index (χ2n) is 5.16. The second-order valence-corrected chi connectivity index (χ2v) is 5.16. The lowest BCUT2D eigenvalue weighted by molar-refractivity contribution is 0.104. The highest BCUT2D eigenvalue weighted by Gasteiger charge is 2.22. The molecule has 1 unspecified atom stereocenters. The predicted octanol–water partition coefficient (Wildman–Crippen LogP) is 2.79. The summed E-state index contributed by atoms with van der Waals surface area (Å²) in [6.07, 6.45) is 2.07. The molecule has 1 aliphatic heterocycles. The summed E-state index contributed by atoms with van der Waals surface area (Å²) < 4.78 is 11.2. The Kier molecular flexibility index (Phi) is 4.96. The third kappa shape index (κ3) is 4.06. The van der Waals surface area contributed by atoms with Crippen LogP contribution in [0.25, 0.3) is 0 Å². The van der Waals surface area contributed by atoms with Crippen molar-refractivity contribution in [1.82, 2.24) is 9.97 Å². The molecule has 2 heterocycles. The van der Waals surface area contributed by atoms with Crippen molar-refractivity contribution in [3.63, 3.8) is 0 Å². The van der Waals surface area contributed by atoms with Crippen molar-refractivity contribution in [3.05, 3.63) is 11.9 Å². The molecular formula is C14H23N3O2. The third-order valence-corrected chi connectivity index (χ3v) is 2.92. The first-order valence-corrected chi connectivity index (χ1v) is 7.06. The molecule has 5 heteroatoms. The summed E-state index contributed by atoms with van der Waals surface area (Å²) in [5, 5.41) is 3.32. The first-order valence-electron chi connectivity index (χ1n) is 7.06. The maximum Gasteiger partial charge on any atom is 0.218 e. The molecule has 19 heavy (non-hydrogen) atoms. The minimum absolute atomic E-state index is 0.0139. The summed E-state index contributed by atoms with van der Waals surface area (Å²) in [5.41, 5.74) is 0. The highest BCUT2D eigenvalue weighted by Crippen LogP contribution is 2.28. The fourth-order valence-corrected chi connectivity index (χ4v) is 1.99. The van der Waals surface area contributed by atoms with Crippen LogP contribution < -0.4 is 10.1 Å². The summed E-state index contributed by atoms with van der Waals surface area (Å²) in [7, 11) is 0. The Morgan fingerprint density at radius 3 is 2.95 bits per heavy atom. The normalized spacial score (nSPS) is 18.8. The van der Waals surface area contributed by atoms with Gasteiger partial charge in [-0.1, -0.05) is 13.8 Å². The van der Waals surface area contributed by atoms with Gasteiger partial charge in [-0.3, -0.25) is 0 Å². The Morgan fingerprint density at radius 1 is 1.47 bits per heavy atom. The van der Waals surface area contributed by atoms with Crippen molar-refractivity contribution >= 4 is 5.82 Å². The number of nitrogens with zero attached hydrogens (tertiary/aromatic N) is 2. The monoisotopic (exact) mass is 265 g/mol. The number of ether oxygens (including phenoxy) is 2. The van der Waals surface area contributed by atoms with Gasteiger partial charge in [0.2, 0.25) is 5.88 Å². The lowest BCUT2D eigenvalue weighted by Crippen LogP contribution is -2.12. The average molecular weight is 265 g/mol. The van der Waals surface area contributed by atoms with Crippen LogP contribution in [-0.2, 0) is 4.74 Å². The van der Waals surface area contributed by atoms with E-state index < -0.39 is 0 Å². The molecule has 0 amide bonds. The molecule has 1 saturated heterocycles. The zero-order valence-electron chi connectivity index (χ0n) is 12.0. The Balaban J connectivity index is 2.16. The maximum absolute atomic E-state index is 5.64. The van der Waals surface area contributed by atoms with Crippen LogP contribution >= 0.6 is 0 Å². The fraction of sp³-hybridized carbons (Fsp3) is 0.714. The quantitative estimate of drug-likeness (QED) is 0.857. The van der Waals surface area contributed by atoms with E-state index in [9.17, 15) is 0 Å². The predicted molar refractivity (Wildman–Crippen MR) is 74.5 cm³/mol. The first kappa shape index (κ1) is 14.1. The summed E-state index contributed by atoms with van der Waals surface area (Å²) >= 11 is 0. The van der Waals surface area contributed by atoms with E-state index in [0.717, 1.165) is 37.6 Å². The summed E-state index contributed by atoms with van der Waals surface area (Å²) in [4.78, 5) is 8.98. The van der Waals surface area contributed by atoms with E-state index in [1.807, 2.05) is 13.0 Å². The number of rotatable bonds is 6. The molecule has 0 bridgehead atoms. The van der Waals surface area contributed by atoms with Crippen molar-refractivity contribution in [1.29, 1.82) is 0 Å². The minimum atomic E-state index is 0.0139. The van der Waals surface area contributed by atoms with E-state index in [0.29, 0.717) is 18.4 Å². The zero-order valence-corrected chi connectivity index (χ0v) is 12.0. The van der Waals surface area contributed by atoms with Crippen LogP contribution in [0, 0.1) is 5.92 Å². The van der Waals surface area contributed by atoms with E-state index in [2.05, 4.69) is 29.1 Å². The number of aromatic nitrogens is 2. The second kappa shape index (κ2) is 6.70. The van der Waals surface area contributed by atoms with Gasteiger partial charge in [0.15, 0.2) is 5.82 Å². The molecule has 1 aromatic rings. The lowest BCUT2D eigenvalue weighted by atomic mass is 10.2. The Labute approximate surface area is 114 Å². The number of hydrogen-bond acceptors (Lipinski definition) is 5. The molecular weight excluding hydrogens is 242 g/mol. The summed E-state index contributed by atoms with van der Waals surface area (Å²) in [6, 6.07) is 1.85. The van der Waals surface area contributed by atoms with Gasteiger partial charge >= 0.3 is 0 Å². The summed E-state index contributed by atoms with van der Waals surface area (Å²) in [5.74, 6) is 2.73. The van der Waals surface area contributed by atoms with E-state index in [1.165, 1.54) is 0 Å². The molecule has 106 valence electrons. The molecule has 0 radical (unpaired) electrons. The van der Waals surface area contributed by atoms with E-state index >= 15 is 0 Å². The van der Waals surface area contributed by atoms with Gasteiger partial charge in [-0.15, -0.1) is 0 Å². The number of nitrogens with one attached hydrogen (secondary N) is 1. The third-order valence-electron chi connectivity index (χ3n) is 2.92. The Hall–Kier alpha value is -1.36. The highest BCUT2D eigenvalue weighted by molar-refractivity contribution is 5.38. The Bertz CT molecular complexity index is 404. The van der Waals surface area contributed by atoms with Crippen LogP contribution in [0.4, 0.5) is 5.82 Å². The minimum Gasteiger partial charge on any atom is -0.478 e. The molecule has 0 aliphatic carbocycles. The topological polar surface area (TPSA) is 56.3 Å². The smallest absolute Gasteiger partial charge is 0.218 e. The molecule has 1 N–H and O–H groups in total. The largest absolute Gasteiger partial charge is 0.478 e. The lowest BCUT2D eigenvalue weighted by Gasteiger charge is -2.14. The van der Waals surface area contributed by atoms with Gasteiger partial charge in [0.1, 0.15) is 11.9 Å². The average Bonchev–Trinajstić information content (AvgIpc) is 2.90. The molecule has 0 aromatic carbocycles. The molecule has 2 rings (SSSR count). The van der Waals surface area contributed by atoms with Gasteiger partial charge in [-0.2, -0.15) is 4.98 Å². The van der Waals surface area contributed by atoms with Crippen molar-refractivity contribution in [2.45, 2.75) is 39.7 Å². The molecule has 5 nitrogen and oxygen atoms in total. The van der Waals surface area contributed by atoms with Gasteiger partial charge in [0.05, 0.1) is 6.61 Å². The summed E-state index contributed by atoms with van der Waals surface area (Å²) in [6.45, 7) is 8.56. The van der Waals surface area contributed by atoms with E-state index in [-0.39, 0.29) is 6.10 Å². The van der Waals surface area contributed by atoms with Gasteiger partial charge in [0, 0.05) is 19.2 Å². The highest BCUT2D eigenvalue weighted by atomic mass is 16.5. The van der Waals surface area contributed by atoms with E-state index in [1.54, 1.807) is 0 Å². The van der Waals surface area contributed by atoms with Crippen LogP contribution in [0.15, 0.2) is 6.07 Å².